The number of anilines is 3. The molecule has 2 rings (SSSR count). The van der Waals surface area contributed by atoms with E-state index in [9.17, 15) is 14.4 Å². The summed E-state index contributed by atoms with van der Waals surface area (Å²) < 4.78 is 4.59. The number of hydrogen-bond donors (Lipinski definition) is 2. The highest BCUT2D eigenvalue weighted by molar-refractivity contribution is 6.43. The first-order chi connectivity index (χ1) is 11.9. The number of amides is 2. The fourth-order valence-electron chi connectivity index (χ4n) is 2.03. The molecule has 2 N–H and O–H groups in total. The zero-order valence-corrected chi connectivity index (χ0v) is 14.2. The van der Waals surface area contributed by atoms with Gasteiger partial charge in [-0.05, 0) is 48.5 Å². The Balaban J connectivity index is 1.95. The van der Waals surface area contributed by atoms with Crippen LogP contribution in [0, 0.1) is 0 Å². The third-order valence-corrected chi connectivity index (χ3v) is 3.41. The van der Waals surface area contributed by atoms with E-state index >= 15 is 0 Å². The van der Waals surface area contributed by atoms with Gasteiger partial charge in [0.15, 0.2) is 0 Å². The van der Waals surface area contributed by atoms with Crippen LogP contribution in [0.4, 0.5) is 17.1 Å². The van der Waals surface area contributed by atoms with Crippen molar-refractivity contribution in [2.75, 3.05) is 36.7 Å². The van der Waals surface area contributed by atoms with Crippen LogP contribution in [0.15, 0.2) is 48.5 Å². The number of rotatable bonds is 4. The number of methoxy groups -OCH3 is 1. The average molecular weight is 341 g/mol. The van der Waals surface area contributed by atoms with Gasteiger partial charge in [-0.25, -0.2) is 4.79 Å². The first kappa shape index (κ1) is 18.0. The first-order valence-electron chi connectivity index (χ1n) is 7.49. The standard InChI is InChI=1S/C18H19N3O4/c1-21(2)15-10-8-14(9-11-15)20-17(23)16(22)19-13-6-4-12(5-7-13)18(24)25-3/h4-11H,1-3H3,(H,19,22)(H,20,23). The predicted octanol–water partition coefficient (Wildman–Crippen LogP) is 2.12. The Morgan fingerprint density at radius 2 is 1.24 bits per heavy atom. The van der Waals surface area contributed by atoms with E-state index in [1.807, 2.05) is 31.1 Å². The summed E-state index contributed by atoms with van der Waals surface area (Å²) in [4.78, 5) is 37.2. The zero-order chi connectivity index (χ0) is 18.4. The molecule has 0 spiro atoms. The second-order valence-electron chi connectivity index (χ2n) is 5.42. The van der Waals surface area contributed by atoms with Crippen molar-refractivity contribution in [1.82, 2.24) is 0 Å². The fraction of sp³-hybridized carbons (Fsp3) is 0.167. The molecular formula is C18H19N3O4. The van der Waals surface area contributed by atoms with E-state index in [2.05, 4.69) is 15.4 Å². The topological polar surface area (TPSA) is 87.7 Å². The minimum atomic E-state index is -0.803. The number of ether oxygens (including phenoxy) is 1. The first-order valence-corrected chi connectivity index (χ1v) is 7.49. The summed E-state index contributed by atoms with van der Waals surface area (Å²) in [6.45, 7) is 0. The van der Waals surface area contributed by atoms with Gasteiger partial charge in [-0.1, -0.05) is 0 Å². The smallest absolute Gasteiger partial charge is 0.337 e. The monoisotopic (exact) mass is 341 g/mol. The lowest BCUT2D eigenvalue weighted by atomic mass is 10.2. The SMILES string of the molecule is COC(=O)c1ccc(NC(=O)C(=O)Nc2ccc(N(C)C)cc2)cc1. The van der Waals surface area contributed by atoms with Gasteiger partial charge in [-0.15, -0.1) is 0 Å². The Morgan fingerprint density at radius 1 is 0.800 bits per heavy atom. The summed E-state index contributed by atoms with van der Waals surface area (Å²) in [6.07, 6.45) is 0. The summed E-state index contributed by atoms with van der Waals surface area (Å²) in [5.41, 5.74) is 2.25. The molecule has 2 aromatic carbocycles. The summed E-state index contributed by atoms with van der Waals surface area (Å²) >= 11 is 0. The van der Waals surface area contributed by atoms with Crippen molar-refractivity contribution >= 4 is 34.8 Å². The van der Waals surface area contributed by atoms with Crippen molar-refractivity contribution < 1.29 is 19.1 Å². The van der Waals surface area contributed by atoms with Crippen molar-refractivity contribution in [3.05, 3.63) is 54.1 Å². The number of benzene rings is 2. The minimum Gasteiger partial charge on any atom is -0.465 e. The van der Waals surface area contributed by atoms with Gasteiger partial charge in [0, 0.05) is 31.2 Å². The third kappa shape index (κ3) is 4.81. The van der Waals surface area contributed by atoms with Crippen LogP contribution in [0.5, 0.6) is 0 Å². The van der Waals surface area contributed by atoms with Crippen molar-refractivity contribution in [3.8, 4) is 0 Å². The highest BCUT2D eigenvalue weighted by atomic mass is 16.5. The van der Waals surface area contributed by atoms with Crippen LogP contribution in [0.3, 0.4) is 0 Å². The third-order valence-electron chi connectivity index (χ3n) is 3.41. The molecule has 25 heavy (non-hydrogen) atoms. The lowest BCUT2D eigenvalue weighted by molar-refractivity contribution is -0.132. The van der Waals surface area contributed by atoms with Gasteiger partial charge in [-0.3, -0.25) is 9.59 Å². The molecular weight excluding hydrogens is 322 g/mol. The van der Waals surface area contributed by atoms with Gasteiger partial charge in [0.25, 0.3) is 0 Å². The van der Waals surface area contributed by atoms with Gasteiger partial charge in [0.05, 0.1) is 12.7 Å². The molecule has 2 aromatic rings. The van der Waals surface area contributed by atoms with Crippen LogP contribution >= 0.6 is 0 Å². The minimum absolute atomic E-state index is 0.353. The number of nitrogens with one attached hydrogen (secondary N) is 2. The second kappa shape index (κ2) is 7.96. The summed E-state index contributed by atoms with van der Waals surface area (Å²) in [5.74, 6) is -2.06. The molecule has 0 aliphatic heterocycles. The van der Waals surface area contributed by atoms with Crippen LogP contribution in [0.2, 0.25) is 0 Å². The Kier molecular flexibility index (Phi) is 5.73. The van der Waals surface area contributed by atoms with E-state index in [1.165, 1.54) is 31.4 Å². The Labute approximate surface area is 145 Å². The maximum Gasteiger partial charge on any atom is 0.337 e. The lowest BCUT2D eigenvalue weighted by Gasteiger charge is -2.13. The number of esters is 1. The highest BCUT2D eigenvalue weighted by Crippen LogP contribution is 2.16. The van der Waals surface area contributed by atoms with Crippen LogP contribution in [-0.4, -0.2) is 39.0 Å². The Morgan fingerprint density at radius 3 is 1.64 bits per heavy atom. The molecule has 0 radical (unpaired) electrons. The second-order valence-corrected chi connectivity index (χ2v) is 5.42. The molecule has 0 bridgehead atoms. The van der Waals surface area contributed by atoms with E-state index in [0.717, 1.165) is 5.69 Å². The molecule has 0 unspecified atom stereocenters. The molecule has 0 heterocycles. The summed E-state index contributed by atoms with van der Waals surface area (Å²) in [5, 5.41) is 4.99. The Bertz CT molecular complexity index is 768. The highest BCUT2D eigenvalue weighted by Gasteiger charge is 2.14. The van der Waals surface area contributed by atoms with E-state index in [1.54, 1.807) is 12.1 Å². The molecule has 0 aliphatic carbocycles. The van der Waals surface area contributed by atoms with Gasteiger partial charge >= 0.3 is 17.8 Å². The Hall–Kier alpha value is -3.35. The fourth-order valence-corrected chi connectivity index (χ4v) is 2.03. The van der Waals surface area contributed by atoms with E-state index in [4.69, 9.17) is 0 Å². The molecule has 0 saturated carbocycles. The average Bonchev–Trinajstić information content (AvgIpc) is 2.62. The van der Waals surface area contributed by atoms with Crippen LogP contribution in [-0.2, 0) is 14.3 Å². The van der Waals surface area contributed by atoms with Gasteiger partial charge in [0.1, 0.15) is 0 Å². The molecule has 0 aliphatic rings. The molecule has 7 nitrogen and oxygen atoms in total. The van der Waals surface area contributed by atoms with E-state index < -0.39 is 17.8 Å². The maximum absolute atomic E-state index is 11.9. The van der Waals surface area contributed by atoms with Crippen molar-refractivity contribution in [2.24, 2.45) is 0 Å². The largest absolute Gasteiger partial charge is 0.465 e. The predicted molar refractivity (Wildman–Crippen MR) is 95.8 cm³/mol. The van der Waals surface area contributed by atoms with E-state index in [-0.39, 0.29) is 0 Å². The van der Waals surface area contributed by atoms with Crippen LogP contribution in [0.1, 0.15) is 10.4 Å². The lowest BCUT2D eigenvalue weighted by Crippen LogP contribution is -2.29. The van der Waals surface area contributed by atoms with Gasteiger partial charge in [0.2, 0.25) is 0 Å². The summed E-state index contributed by atoms with van der Waals surface area (Å²) in [6, 6.07) is 13.1. The molecule has 0 fully saturated rings. The van der Waals surface area contributed by atoms with Crippen molar-refractivity contribution in [1.29, 1.82) is 0 Å². The normalized spacial score (nSPS) is 9.88. The molecule has 0 aromatic heterocycles. The quantitative estimate of drug-likeness (QED) is 0.657. The molecule has 2 amide bonds. The van der Waals surface area contributed by atoms with Crippen LogP contribution in [0.25, 0.3) is 0 Å². The van der Waals surface area contributed by atoms with Gasteiger partial charge < -0.3 is 20.3 Å². The number of hydrogen-bond acceptors (Lipinski definition) is 5. The maximum atomic E-state index is 11.9. The molecule has 0 atom stereocenters. The van der Waals surface area contributed by atoms with Crippen LogP contribution < -0.4 is 15.5 Å². The zero-order valence-electron chi connectivity index (χ0n) is 14.2. The molecule has 130 valence electrons. The number of carbonyl (C=O) groups excluding carboxylic acids is 3. The van der Waals surface area contributed by atoms with Crippen molar-refractivity contribution in [3.63, 3.8) is 0 Å². The van der Waals surface area contributed by atoms with Crippen molar-refractivity contribution in [2.45, 2.75) is 0 Å². The number of carbonyl (C=O) groups is 3. The van der Waals surface area contributed by atoms with Gasteiger partial charge in [-0.2, -0.15) is 0 Å². The van der Waals surface area contributed by atoms with E-state index in [0.29, 0.717) is 16.9 Å². The summed E-state index contributed by atoms with van der Waals surface area (Å²) in [7, 11) is 5.10. The molecule has 0 saturated heterocycles. The molecule has 7 heteroatoms. The number of nitrogens with zero attached hydrogens (tertiary/aromatic N) is 1.